The first-order valence-corrected chi connectivity index (χ1v) is 12.5. The quantitative estimate of drug-likeness (QED) is 0.465. The smallest absolute Gasteiger partial charge is 0.338 e. The Hall–Kier alpha value is -2.75. The molecule has 2 aromatic carbocycles. The number of rotatable bonds is 6. The normalized spacial score (nSPS) is 17.1. The van der Waals surface area contributed by atoms with E-state index in [1.165, 1.54) is 16.4 Å². The summed E-state index contributed by atoms with van der Waals surface area (Å²) < 4.78 is 38.3. The zero-order chi connectivity index (χ0) is 23.6. The number of ether oxygens (including phenoxy) is 1. The first-order chi connectivity index (χ1) is 15.8. The number of nitrogens with zero attached hydrogens (tertiary/aromatic N) is 3. The molecule has 0 N–H and O–H groups in total. The highest BCUT2D eigenvalue weighted by molar-refractivity contribution is 7.89. The molecule has 8 nitrogen and oxygen atoms in total. The lowest BCUT2D eigenvalue weighted by Crippen LogP contribution is -2.41. The molecule has 1 saturated heterocycles. The molecule has 1 aromatic heterocycles. The highest BCUT2D eigenvalue weighted by Gasteiger charge is 2.31. The Morgan fingerprint density at radius 1 is 1.24 bits per heavy atom. The van der Waals surface area contributed by atoms with Crippen molar-refractivity contribution >= 4 is 27.6 Å². The molecule has 0 saturated carbocycles. The number of aromatic nitrogens is 2. The van der Waals surface area contributed by atoms with Crippen molar-refractivity contribution in [3.05, 3.63) is 64.5 Å². The Balaban J connectivity index is 1.50. The number of hydrogen-bond acceptors (Lipinski definition) is 7. The molecule has 0 bridgehead atoms. The van der Waals surface area contributed by atoms with Crippen molar-refractivity contribution in [2.24, 2.45) is 0 Å². The maximum absolute atomic E-state index is 13.2. The standard InChI is InChI=1S/C23H24ClN3O5S/c1-15-10-11-17(33(29,30)27-12-6-5-7-16(27)2)13-19(15)23(28)31-14-21-25-22(26-32-21)18-8-3-4-9-20(18)24/h3-4,8-11,13,16H,5-7,12,14H2,1-2H3/t16-/m1/s1. The van der Waals surface area contributed by atoms with Gasteiger partial charge in [0.2, 0.25) is 15.8 Å². The van der Waals surface area contributed by atoms with Crippen molar-refractivity contribution in [2.75, 3.05) is 6.54 Å². The molecule has 2 heterocycles. The fraction of sp³-hybridized carbons (Fsp3) is 0.348. The topological polar surface area (TPSA) is 103 Å². The zero-order valence-corrected chi connectivity index (χ0v) is 19.9. The average molecular weight is 490 g/mol. The summed E-state index contributed by atoms with van der Waals surface area (Å²) in [7, 11) is -3.71. The molecule has 10 heteroatoms. The molecule has 0 spiro atoms. The van der Waals surface area contributed by atoms with Gasteiger partial charge in [-0.25, -0.2) is 13.2 Å². The number of halogens is 1. The van der Waals surface area contributed by atoms with Gasteiger partial charge in [0.25, 0.3) is 5.89 Å². The average Bonchev–Trinajstić information content (AvgIpc) is 3.27. The van der Waals surface area contributed by atoms with Crippen LogP contribution in [0, 0.1) is 6.92 Å². The van der Waals surface area contributed by atoms with Gasteiger partial charge in [0.05, 0.1) is 15.5 Å². The van der Waals surface area contributed by atoms with Crippen LogP contribution in [0.25, 0.3) is 11.4 Å². The number of piperidine rings is 1. The molecule has 33 heavy (non-hydrogen) atoms. The van der Waals surface area contributed by atoms with Crippen LogP contribution in [0.2, 0.25) is 5.02 Å². The summed E-state index contributed by atoms with van der Waals surface area (Å²) in [5.41, 5.74) is 1.38. The predicted molar refractivity (Wildman–Crippen MR) is 122 cm³/mol. The van der Waals surface area contributed by atoms with Gasteiger partial charge in [-0.2, -0.15) is 9.29 Å². The number of esters is 1. The van der Waals surface area contributed by atoms with Gasteiger partial charge in [0, 0.05) is 18.2 Å². The predicted octanol–water partition coefficient (Wildman–Crippen LogP) is 4.62. The molecule has 1 aliphatic heterocycles. The van der Waals surface area contributed by atoms with E-state index in [-0.39, 0.29) is 34.8 Å². The molecule has 0 amide bonds. The lowest BCUT2D eigenvalue weighted by molar-refractivity contribution is 0.0428. The Bertz CT molecular complexity index is 1270. The van der Waals surface area contributed by atoms with Gasteiger partial charge < -0.3 is 9.26 Å². The van der Waals surface area contributed by atoms with Crippen LogP contribution < -0.4 is 0 Å². The molecule has 1 aliphatic rings. The highest BCUT2D eigenvalue weighted by Crippen LogP contribution is 2.27. The van der Waals surface area contributed by atoms with E-state index in [1.807, 2.05) is 6.92 Å². The van der Waals surface area contributed by atoms with Crippen LogP contribution in [0.3, 0.4) is 0 Å². The molecular formula is C23H24ClN3O5S. The molecule has 0 radical (unpaired) electrons. The maximum Gasteiger partial charge on any atom is 0.338 e. The summed E-state index contributed by atoms with van der Waals surface area (Å²) in [5.74, 6) is -0.290. The van der Waals surface area contributed by atoms with Crippen LogP contribution in [0.4, 0.5) is 0 Å². The fourth-order valence-electron chi connectivity index (χ4n) is 3.82. The van der Waals surface area contributed by atoms with Crippen molar-refractivity contribution < 1.29 is 22.5 Å². The van der Waals surface area contributed by atoms with Gasteiger partial charge in [0.1, 0.15) is 0 Å². The largest absolute Gasteiger partial charge is 0.452 e. The Kier molecular flexibility index (Phi) is 6.83. The number of hydrogen-bond donors (Lipinski definition) is 0. The molecule has 1 atom stereocenters. The molecule has 1 fully saturated rings. The van der Waals surface area contributed by atoms with Gasteiger partial charge in [-0.1, -0.05) is 41.4 Å². The van der Waals surface area contributed by atoms with Gasteiger partial charge in [-0.05, 0) is 56.5 Å². The molecule has 174 valence electrons. The number of benzene rings is 2. The van der Waals surface area contributed by atoms with E-state index < -0.39 is 16.0 Å². The van der Waals surface area contributed by atoms with E-state index in [0.29, 0.717) is 22.7 Å². The molecule has 0 unspecified atom stereocenters. The third-order valence-electron chi connectivity index (χ3n) is 5.69. The summed E-state index contributed by atoms with van der Waals surface area (Å²) in [6, 6.07) is 11.5. The van der Waals surface area contributed by atoms with Gasteiger partial charge in [-0.3, -0.25) is 0 Å². The molecular weight excluding hydrogens is 466 g/mol. The second kappa shape index (κ2) is 9.62. The first-order valence-electron chi connectivity index (χ1n) is 10.6. The minimum atomic E-state index is -3.71. The molecule has 4 rings (SSSR count). The second-order valence-electron chi connectivity index (χ2n) is 8.00. The van der Waals surface area contributed by atoms with E-state index in [0.717, 1.165) is 19.3 Å². The molecule has 3 aromatic rings. The Morgan fingerprint density at radius 2 is 2.03 bits per heavy atom. The van der Waals surface area contributed by atoms with Crippen molar-refractivity contribution in [1.82, 2.24) is 14.4 Å². The minimum Gasteiger partial charge on any atom is -0.452 e. The monoisotopic (exact) mass is 489 g/mol. The van der Waals surface area contributed by atoms with Crippen LogP contribution in [0.1, 0.15) is 48.0 Å². The summed E-state index contributed by atoms with van der Waals surface area (Å²) in [6.45, 7) is 3.85. The fourth-order valence-corrected chi connectivity index (χ4v) is 5.76. The van der Waals surface area contributed by atoms with E-state index in [2.05, 4.69) is 10.1 Å². The van der Waals surface area contributed by atoms with Crippen LogP contribution in [-0.4, -0.2) is 41.4 Å². The minimum absolute atomic E-state index is 0.0765. The van der Waals surface area contributed by atoms with Crippen molar-refractivity contribution in [3.8, 4) is 11.4 Å². The van der Waals surface area contributed by atoms with Gasteiger partial charge >= 0.3 is 5.97 Å². The maximum atomic E-state index is 13.2. The van der Waals surface area contributed by atoms with E-state index in [4.69, 9.17) is 20.9 Å². The Labute approximate surface area is 197 Å². The number of carbonyl (C=O) groups is 1. The van der Waals surface area contributed by atoms with E-state index >= 15 is 0 Å². The highest BCUT2D eigenvalue weighted by atomic mass is 35.5. The SMILES string of the molecule is Cc1ccc(S(=O)(=O)N2CCCC[C@H]2C)cc1C(=O)OCc1nc(-c2ccccc2Cl)no1. The first kappa shape index (κ1) is 23.4. The summed E-state index contributed by atoms with van der Waals surface area (Å²) in [6.07, 6.45) is 2.65. The third kappa shape index (κ3) is 4.95. The number of sulfonamides is 1. The van der Waals surface area contributed by atoms with Gasteiger partial charge in [0.15, 0.2) is 6.61 Å². The van der Waals surface area contributed by atoms with Crippen molar-refractivity contribution in [3.63, 3.8) is 0 Å². The zero-order valence-electron chi connectivity index (χ0n) is 18.3. The number of carbonyl (C=O) groups excluding carboxylic acids is 1. The molecule has 0 aliphatic carbocycles. The second-order valence-corrected chi connectivity index (χ2v) is 10.3. The lowest BCUT2D eigenvalue weighted by Gasteiger charge is -2.32. The van der Waals surface area contributed by atoms with Crippen molar-refractivity contribution in [1.29, 1.82) is 0 Å². The lowest BCUT2D eigenvalue weighted by atomic mass is 10.1. The summed E-state index contributed by atoms with van der Waals surface area (Å²) in [5, 5.41) is 4.34. The van der Waals surface area contributed by atoms with Gasteiger partial charge in [-0.15, -0.1) is 0 Å². The third-order valence-corrected chi connectivity index (χ3v) is 8.03. The van der Waals surface area contributed by atoms with E-state index in [1.54, 1.807) is 37.3 Å². The number of aryl methyl sites for hydroxylation is 1. The van der Waals surface area contributed by atoms with Crippen LogP contribution >= 0.6 is 11.6 Å². The summed E-state index contributed by atoms with van der Waals surface area (Å²) >= 11 is 6.15. The van der Waals surface area contributed by atoms with Crippen LogP contribution in [-0.2, 0) is 21.4 Å². The van der Waals surface area contributed by atoms with Crippen LogP contribution in [0.15, 0.2) is 51.9 Å². The van der Waals surface area contributed by atoms with Crippen molar-refractivity contribution in [2.45, 2.75) is 50.7 Å². The summed E-state index contributed by atoms with van der Waals surface area (Å²) in [4.78, 5) is 17.0. The van der Waals surface area contributed by atoms with E-state index in [9.17, 15) is 13.2 Å². The van der Waals surface area contributed by atoms with Crippen LogP contribution in [0.5, 0.6) is 0 Å². The Morgan fingerprint density at radius 3 is 2.79 bits per heavy atom.